The van der Waals surface area contributed by atoms with Crippen LogP contribution in [0.4, 0.5) is 20.2 Å². The monoisotopic (exact) mass is 545 g/mol. The first-order valence-electron chi connectivity index (χ1n) is 12.3. The first kappa shape index (κ1) is 34.7. The molecule has 0 saturated carbocycles. The van der Waals surface area contributed by atoms with Crippen LogP contribution in [-0.4, -0.2) is 56.1 Å². The van der Waals surface area contributed by atoms with Crippen LogP contribution in [-0.2, 0) is 19.2 Å². The molecule has 3 amide bonds. The Morgan fingerprint density at radius 1 is 1.05 bits per heavy atom. The minimum atomic E-state index is -1.12. The number of para-hydroxylation sites is 1. The Labute approximate surface area is 228 Å². The second-order valence-corrected chi connectivity index (χ2v) is 8.93. The number of benzene rings is 2. The molecule has 2 aromatic rings. The molecule has 3 rings (SSSR count). The molecule has 11 heteroatoms. The number of rotatable bonds is 6. The van der Waals surface area contributed by atoms with Crippen molar-refractivity contribution in [2.24, 2.45) is 11.8 Å². The number of nitrogens with zero attached hydrogens (tertiary/aromatic N) is 2. The molecule has 3 N–H and O–H groups in total. The number of hydrogen-bond donors (Lipinski definition) is 3. The second-order valence-electron chi connectivity index (χ2n) is 8.93. The zero-order valence-electron chi connectivity index (χ0n) is 22.9. The minimum absolute atomic E-state index is 0.0192. The maximum absolute atomic E-state index is 13.0. The number of aldehydes is 1. The van der Waals surface area contributed by atoms with Crippen LogP contribution in [0.5, 0.6) is 0 Å². The molecule has 2 unspecified atom stereocenters. The van der Waals surface area contributed by atoms with E-state index in [1.54, 1.807) is 7.05 Å². The van der Waals surface area contributed by atoms with Gasteiger partial charge in [0.2, 0.25) is 18.2 Å². The van der Waals surface area contributed by atoms with Gasteiger partial charge in [-0.25, -0.2) is 8.78 Å². The minimum Gasteiger partial charge on any atom is -0.388 e. The largest absolute Gasteiger partial charge is 0.388 e. The molecule has 9 nitrogen and oxygen atoms in total. The third kappa shape index (κ3) is 14.9. The third-order valence-electron chi connectivity index (χ3n) is 4.69. The summed E-state index contributed by atoms with van der Waals surface area (Å²) < 4.78 is 25.8. The highest BCUT2D eigenvalue weighted by atomic mass is 19.2. The van der Waals surface area contributed by atoms with Crippen LogP contribution in [0.25, 0.3) is 0 Å². The summed E-state index contributed by atoms with van der Waals surface area (Å²) in [7, 11) is 3.47. The summed E-state index contributed by atoms with van der Waals surface area (Å²) in [6.07, 6.45) is 0.998. The number of nitriles is 1. The van der Waals surface area contributed by atoms with Crippen molar-refractivity contribution in [1.82, 2.24) is 10.2 Å². The van der Waals surface area contributed by atoms with Crippen molar-refractivity contribution in [2.75, 3.05) is 31.3 Å². The quantitative estimate of drug-likeness (QED) is 0.372. The van der Waals surface area contributed by atoms with E-state index in [1.165, 1.54) is 4.90 Å². The summed E-state index contributed by atoms with van der Waals surface area (Å²) in [5, 5.41) is 16.5. The summed E-state index contributed by atoms with van der Waals surface area (Å²) >= 11 is 0. The molecule has 0 aliphatic carbocycles. The van der Waals surface area contributed by atoms with Gasteiger partial charge in [0, 0.05) is 44.0 Å². The standard InChI is InChI=1S/C15H13F2N3O3.C7H9N.C4H10.C2H5NO/c16-12-2-1-10(4-13(12)17)19-14(22)5-15(23)20-7-9(8-21)3-11(20)6-18;1-8-7-5-3-2-4-6-7;1-4(2)3;1-3-2-4/h1-2,4,8-9,11H,3,5,7H2,(H,19,22);2-6,8H,1H3;4H,1-3H3;2H,1H3,(H,3,4). The molecule has 1 heterocycles. The lowest BCUT2D eigenvalue weighted by atomic mass is 10.1. The summed E-state index contributed by atoms with van der Waals surface area (Å²) in [5.41, 5.74) is 1.18. The van der Waals surface area contributed by atoms with Gasteiger partial charge >= 0.3 is 0 Å². The van der Waals surface area contributed by atoms with Gasteiger partial charge in [0.15, 0.2) is 11.6 Å². The van der Waals surface area contributed by atoms with Crippen molar-refractivity contribution in [3.8, 4) is 6.07 Å². The fourth-order valence-electron chi connectivity index (χ4n) is 2.99. The Balaban J connectivity index is 0.000000733. The number of carbonyl (C=O) groups excluding carboxylic acids is 4. The molecular weight excluding hydrogens is 508 g/mol. The fraction of sp³-hybridized carbons (Fsp3) is 0.393. The lowest BCUT2D eigenvalue weighted by Crippen LogP contribution is -2.37. The maximum atomic E-state index is 13.0. The lowest BCUT2D eigenvalue weighted by molar-refractivity contribution is -0.134. The molecular formula is C28H37F2N5O4. The number of anilines is 2. The molecule has 1 aliphatic heterocycles. The Bertz CT molecular complexity index is 1070. The van der Waals surface area contributed by atoms with Crippen molar-refractivity contribution < 1.29 is 28.0 Å². The Morgan fingerprint density at radius 3 is 2.08 bits per heavy atom. The predicted molar refractivity (Wildman–Crippen MR) is 147 cm³/mol. The molecule has 212 valence electrons. The van der Waals surface area contributed by atoms with Crippen LogP contribution in [0.15, 0.2) is 48.5 Å². The zero-order chi connectivity index (χ0) is 29.8. The van der Waals surface area contributed by atoms with Gasteiger partial charge in [0.1, 0.15) is 18.7 Å². The van der Waals surface area contributed by atoms with Crippen LogP contribution >= 0.6 is 0 Å². The number of halogens is 2. The third-order valence-corrected chi connectivity index (χ3v) is 4.69. The smallest absolute Gasteiger partial charge is 0.233 e. The summed E-state index contributed by atoms with van der Waals surface area (Å²) in [6.45, 7) is 6.60. The van der Waals surface area contributed by atoms with Gasteiger partial charge in [-0.2, -0.15) is 5.26 Å². The zero-order valence-corrected chi connectivity index (χ0v) is 22.9. The SMILES string of the molecule is CC(C)C.CNC=O.CNc1ccccc1.N#CC1CC(C=O)CN1C(=O)CC(=O)Nc1ccc(F)c(F)c1. The van der Waals surface area contributed by atoms with E-state index in [0.29, 0.717) is 12.7 Å². The van der Waals surface area contributed by atoms with Crippen LogP contribution in [0.3, 0.4) is 0 Å². The highest BCUT2D eigenvalue weighted by molar-refractivity contribution is 6.03. The Kier molecular flexibility index (Phi) is 17.5. The second kappa shape index (κ2) is 19.7. The number of carbonyl (C=O) groups is 4. The van der Waals surface area contributed by atoms with Crippen molar-refractivity contribution >= 4 is 35.9 Å². The van der Waals surface area contributed by atoms with E-state index in [9.17, 15) is 23.2 Å². The van der Waals surface area contributed by atoms with Gasteiger partial charge in [-0.3, -0.25) is 14.4 Å². The highest BCUT2D eigenvalue weighted by Crippen LogP contribution is 2.22. The van der Waals surface area contributed by atoms with Gasteiger partial charge < -0.3 is 25.6 Å². The van der Waals surface area contributed by atoms with Crippen molar-refractivity contribution in [3.63, 3.8) is 0 Å². The van der Waals surface area contributed by atoms with Crippen molar-refractivity contribution in [1.29, 1.82) is 5.26 Å². The number of likely N-dealkylation sites (tertiary alicyclic amines) is 1. The molecule has 0 spiro atoms. The molecule has 2 aromatic carbocycles. The number of amides is 3. The first-order chi connectivity index (χ1) is 18.5. The van der Waals surface area contributed by atoms with E-state index in [-0.39, 0.29) is 18.7 Å². The van der Waals surface area contributed by atoms with Gasteiger partial charge in [0.25, 0.3) is 0 Å². The van der Waals surface area contributed by atoms with Crippen LogP contribution in [0.1, 0.15) is 33.6 Å². The highest BCUT2D eigenvalue weighted by Gasteiger charge is 2.35. The van der Waals surface area contributed by atoms with E-state index < -0.39 is 41.8 Å². The van der Waals surface area contributed by atoms with Crippen LogP contribution < -0.4 is 16.0 Å². The van der Waals surface area contributed by atoms with E-state index in [2.05, 4.69) is 36.7 Å². The molecule has 1 saturated heterocycles. The molecule has 0 radical (unpaired) electrons. The normalized spacial score (nSPS) is 15.0. The van der Waals surface area contributed by atoms with Gasteiger partial charge in [-0.05, 0) is 36.6 Å². The van der Waals surface area contributed by atoms with Crippen LogP contribution in [0, 0.1) is 34.8 Å². The summed E-state index contributed by atoms with van der Waals surface area (Å²) in [6, 6.07) is 14.1. The predicted octanol–water partition coefficient (Wildman–Crippen LogP) is 3.99. The summed E-state index contributed by atoms with van der Waals surface area (Å²) in [5.74, 6) is -3.06. The average molecular weight is 546 g/mol. The van der Waals surface area contributed by atoms with E-state index in [1.807, 2.05) is 43.4 Å². The first-order valence-corrected chi connectivity index (χ1v) is 12.3. The number of hydrogen-bond acceptors (Lipinski definition) is 6. The average Bonchev–Trinajstić information content (AvgIpc) is 3.35. The fourth-order valence-corrected chi connectivity index (χ4v) is 2.99. The molecule has 1 aliphatic rings. The molecule has 0 bridgehead atoms. The van der Waals surface area contributed by atoms with Crippen LogP contribution in [0.2, 0.25) is 0 Å². The van der Waals surface area contributed by atoms with E-state index in [0.717, 1.165) is 29.8 Å². The van der Waals surface area contributed by atoms with Gasteiger partial charge in [-0.15, -0.1) is 0 Å². The van der Waals surface area contributed by atoms with Gasteiger partial charge in [0.05, 0.1) is 6.07 Å². The summed E-state index contributed by atoms with van der Waals surface area (Å²) in [4.78, 5) is 44.9. The molecule has 2 atom stereocenters. The Morgan fingerprint density at radius 2 is 1.64 bits per heavy atom. The van der Waals surface area contributed by atoms with E-state index in [4.69, 9.17) is 10.1 Å². The maximum Gasteiger partial charge on any atom is 0.233 e. The lowest BCUT2D eigenvalue weighted by Gasteiger charge is -2.19. The van der Waals surface area contributed by atoms with Crippen molar-refractivity contribution in [2.45, 2.75) is 39.7 Å². The molecule has 1 fully saturated rings. The Hall–Kier alpha value is -4.33. The van der Waals surface area contributed by atoms with Gasteiger partial charge in [-0.1, -0.05) is 39.0 Å². The van der Waals surface area contributed by atoms with Crippen molar-refractivity contribution in [3.05, 3.63) is 60.2 Å². The molecule has 0 aromatic heterocycles. The topological polar surface area (TPSA) is 131 Å². The number of nitrogens with one attached hydrogen (secondary N) is 3. The van der Waals surface area contributed by atoms with E-state index >= 15 is 0 Å². The molecule has 39 heavy (non-hydrogen) atoms.